The highest BCUT2D eigenvalue weighted by Gasteiger charge is 2.31. The highest BCUT2D eigenvalue weighted by molar-refractivity contribution is 5.94. The first-order valence-corrected chi connectivity index (χ1v) is 9.58. The van der Waals surface area contributed by atoms with Gasteiger partial charge in [0, 0.05) is 17.7 Å². The van der Waals surface area contributed by atoms with Gasteiger partial charge in [-0.25, -0.2) is 9.67 Å². The Hall–Kier alpha value is -4.14. The van der Waals surface area contributed by atoms with Crippen molar-refractivity contribution >= 4 is 5.91 Å². The third-order valence-electron chi connectivity index (χ3n) is 4.53. The van der Waals surface area contributed by atoms with E-state index in [-0.39, 0.29) is 11.7 Å². The monoisotopic (exact) mass is 438 g/mol. The SMILES string of the molecule is O=C(NCc1ccc(-c2ncn(-c3ccc(OC(F)(F)F)cc3)n2)cc1)c1ccccc1. The molecular weight excluding hydrogens is 421 g/mol. The van der Waals surface area contributed by atoms with Crippen LogP contribution < -0.4 is 10.1 Å². The molecule has 1 amide bonds. The summed E-state index contributed by atoms with van der Waals surface area (Å²) in [4.78, 5) is 16.4. The molecule has 6 nitrogen and oxygen atoms in total. The number of carbonyl (C=O) groups excluding carboxylic acids is 1. The molecule has 162 valence electrons. The van der Waals surface area contributed by atoms with Crippen LogP contribution in [0.4, 0.5) is 13.2 Å². The summed E-state index contributed by atoms with van der Waals surface area (Å²) in [5.74, 6) is -0.00115. The predicted molar refractivity (Wildman–Crippen MR) is 111 cm³/mol. The molecule has 0 bridgehead atoms. The van der Waals surface area contributed by atoms with E-state index in [0.717, 1.165) is 11.1 Å². The summed E-state index contributed by atoms with van der Waals surface area (Å²) >= 11 is 0. The molecule has 1 N–H and O–H groups in total. The van der Waals surface area contributed by atoms with Crippen molar-refractivity contribution in [3.63, 3.8) is 0 Å². The molecule has 1 aromatic heterocycles. The Kier molecular flexibility index (Phi) is 5.89. The number of hydrogen-bond acceptors (Lipinski definition) is 4. The first-order chi connectivity index (χ1) is 15.4. The Bertz CT molecular complexity index is 1190. The van der Waals surface area contributed by atoms with Gasteiger partial charge in [-0.15, -0.1) is 18.3 Å². The Morgan fingerprint density at radius 2 is 1.62 bits per heavy atom. The maximum absolute atomic E-state index is 12.3. The lowest BCUT2D eigenvalue weighted by molar-refractivity contribution is -0.274. The van der Waals surface area contributed by atoms with Crippen LogP contribution in [0.2, 0.25) is 0 Å². The van der Waals surface area contributed by atoms with Crippen LogP contribution in [0.3, 0.4) is 0 Å². The molecular formula is C23H17F3N4O2. The van der Waals surface area contributed by atoms with Crippen LogP contribution in [0.1, 0.15) is 15.9 Å². The molecule has 0 fully saturated rings. The fourth-order valence-electron chi connectivity index (χ4n) is 2.97. The second-order valence-electron chi connectivity index (χ2n) is 6.80. The zero-order chi connectivity index (χ0) is 22.6. The van der Waals surface area contributed by atoms with E-state index in [1.807, 2.05) is 30.3 Å². The number of nitrogens with one attached hydrogen (secondary N) is 1. The highest BCUT2D eigenvalue weighted by atomic mass is 19.4. The molecule has 0 spiro atoms. The van der Waals surface area contributed by atoms with Crippen LogP contribution >= 0.6 is 0 Å². The van der Waals surface area contributed by atoms with Gasteiger partial charge in [0.15, 0.2) is 5.82 Å². The number of ether oxygens (including phenoxy) is 1. The Labute approximate surface area is 181 Å². The zero-order valence-corrected chi connectivity index (χ0v) is 16.6. The Balaban J connectivity index is 1.39. The average Bonchev–Trinajstić information content (AvgIpc) is 3.28. The van der Waals surface area contributed by atoms with Crippen molar-refractivity contribution in [1.29, 1.82) is 0 Å². The van der Waals surface area contributed by atoms with Crippen molar-refractivity contribution in [2.75, 3.05) is 0 Å². The minimum Gasteiger partial charge on any atom is -0.406 e. The van der Waals surface area contributed by atoms with Gasteiger partial charge in [-0.1, -0.05) is 42.5 Å². The standard InChI is InChI=1S/C23H17F3N4O2/c24-23(25,26)32-20-12-10-19(11-13-20)30-15-28-21(29-30)17-8-6-16(7-9-17)14-27-22(31)18-4-2-1-3-5-18/h1-13,15H,14H2,(H,27,31). The summed E-state index contributed by atoms with van der Waals surface area (Å²) in [7, 11) is 0. The minimum absolute atomic E-state index is 0.151. The van der Waals surface area contributed by atoms with Gasteiger partial charge in [0.05, 0.1) is 5.69 Å². The minimum atomic E-state index is -4.74. The summed E-state index contributed by atoms with van der Waals surface area (Å²) < 4.78 is 42.2. The molecule has 0 radical (unpaired) electrons. The fourth-order valence-corrected chi connectivity index (χ4v) is 2.97. The van der Waals surface area contributed by atoms with E-state index >= 15 is 0 Å². The number of hydrogen-bond donors (Lipinski definition) is 1. The van der Waals surface area contributed by atoms with Gasteiger partial charge in [0.25, 0.3) is 5.91 Å². The first-order valence-electron chi connectivity index (χ1n) is 9.58. The lowest BCUT2D eigenvalue weighted by Crippen LogP contribution is -2.22. The third kappa shape index (κ3) is 5.31. The number of amides is 1. The van der Waals surface area contributed by atoms with E-state index in [9.17, 15) is 18.0 Å². The average molecular weight is 438 g/mol. The van der Waals surface area contributed by atoms with E-state index in [1.165, 1.54) is 35.3 Å². The summed E-state index contributed by atoms with van der Waals surface area (Å²) in [6.07, 6.45) is -3.26. The summed E-state index contributed by atoms with van der Waals surface area (Å²) in [5, 5.41) is 7.24. The molecule has 0 aliphatic rings. The molecule has 0 saturated heterocycles. The number of rotatable bonds is 6. The Morgan fingerprint density at radius 1 is 0.938 bits per heavy atom. The van der Waals surface area contributed by atoms with Crippen molar-refractivity contribution in [1.82, 2.24) is 20.1 Å². The van der Waals surface area contributed by atoms with Crippen LogP contribution in [0.15, 0.2) is 85.2 Å². The van der Waals surface area contributed by atoms with Gasteiger partial charge in [-0.3, -0.25) is 4.79 Å². The smallest absolute Gasteiger partial charge is 0.406 e. The number of alkyl halides is 3. The van der Waals surface area contributed by atoms with E-state index in [0.29, 0.717) is 23.6 Å². The normalized spacial score (nSPS) is 11.2. The zero-order valence-electron chi connectivity index (χ0n) is 16.6. The second-order valence-corrected chi connectivity index (χ2v) is 6.80. The molecule has 32 heavy (non-hydrogen) atoms. The molecule has 1 heterocycles. The summed E-state index contributed by atoms with van der Waals surface area (Å²) in [6, 6.07) is 21.7. The molecule has 0 aliphatic carbocycles. The van der Waals surface area contributed by atoms with E-state index in [4.69, 9.17) is 0 Å². The Morgan fingerprint density at radius 3 is 2.28 bits per heavy atom. The van der Waals surface area contributed by atoms with Crippen molar-refractivity contribution in [2.24, 2.45) is 0 Å². The molecule has 3 aromatic carbocycles. The topological polar surface area (TPSA) is 69.0 Å². The van der Waals surface area contributed by atoms with Crippen LogP contribution in [0, 0.1) is 0 Å². The highest BCUT2D eigenvalue weighted by Crippen LogP contribution is 2.24. The van der Waals surface area contributed by atoms with Crippen LogP contribution in [0.25, 0.3) is 17.1 Å². The maximum Gasteiger partial charge on any atom is 0.573 e. The van der Waals surface area contributed by atoms with Crippen LogP contribution in [0.5, 0.6) is 5.75 Å². The molecule has 0 unspecified atom stereocenters. The lowest BCUT2D eigenvalue weighted by atomic mass is 10.1. The number of halogens is 3. The van der Waals surface area contributed by atoms with Gasteiger partial charge in [0.1, 0.15) is 12.1 Å². The van der Waals surface area contributed by atoms with E-state index in [2.05, 4.69) is 20.1 Å². The number of aromatic nitrogens is 3. The van der Waals surface area contributed by atoms with Crippen molar-refractivity contribution in [3.05, 3.63) is 96.3 Å². The van der Waals surface area contributed by atoms with Gasteiger partial charge in [0.2, 0.25) is 0 Å². The van der Waals surface area contributed by atoms with Gasteiger partial charge < -0.3 is 10.1 Å². The largest absolute Gasteiger partial charge is 0.573 e. The number of benzene rings is 3. The molecule has 9 heteroatoms. The van der Waals surface area contributed by atoms with Crippen LogP contribution in [-0.2, 0) is 6.54 Å². The van der Waals surface area contributed by atoms with E-state index in [1.54, 1.807) is 24.3 Å². The van der Waals surface area contributed by atoms with Gasteiger partial charge >= 0.3 is 6.36 Å². The van der Waals surface area contributed by atoms with Crippen LogP contribution in [-0.4, -0.2) is 27.0 Å². The molecule has 0 atom stereocenters. The first kappa shape index (κ1) is 21.1. The maximum atomic E-state index is 12.3. The molecule has 0 aliphatic heterocycles. The molecule has 4 rings (SSSR count). The predicted octanol–water partition coefficient (Wildman–Crippen LogP) is 4.76. The van der Waals surface area contributed by atoms with E-state index < -0.39 is 6.36 Å². The molecule has 4 aromatic rings. The second kappa shape index (κ2) is 8.93. The van der Waals surface area contributed by atoms with Crippen molar-refractivity contribution < 1.29 is 22.7 Å². The summed E-state index contributed by atoms with van der Waals surface area (Å²) in [5.41, 5.74) is 2.81. The fraction of sp³-hybridized carbons (Fsp3) is 0.0870. The molecule has 0 saturated carbocycles. The van der Waals surface area contributed by atoms with Crippen molar-refractivity contribution in [3.8, 4) is 22.8 Å². The number of carbonyl (C=O) groups is 1. The summed E-state index contributed by atoms with van der Waals surface area (Å²) in [6.45, 7) is 0.377. The van der Waals surface area contributed by atoms with Gasteiger partial charge in [-0.2, -0.15) is 0 Å². The van der Waals surface area contributed by atoms with Gasteiger partial charge in [-0.05, 0) is 42.0 Å². The third-order valence-corrected chi connectivity index (χ3v) is 4.53. The van der Waals surface area contributed by atoms with Crippen molar-refractivity contribution in [2.45, 2.75) is 12.9 Å². The lowest BCUT2D eigenvalue weighted by Gasteiger charge is -2.09. The number of nitrogens with zero attached hydrogens (tertiary/aromatic N) is 3. The quantitative estimate of drug-likeness (QED) is 0.471.